The van der Waals surface area contributed by atoms with Gasteiger partial charge in [0.25, 0.3) is 0 Å². The number of amides is 1. The number of hydrogen-bond donors (Lipinski definition) is 1. The Morgan fingerprint density at radius 1 is 1.20 bits per heavy atom. The van der Waals surface area contributed by atoms with E-state index in [1.54, 1.807) is 14.2 Å². The SMILES string of the molecule is COc1ccc(OC)c(CNC(=O)COC(C)(C)C)c1. The molecule has 0 saturated carbocycles. The second-order valence-corrected chi connectivity index (χ2v) is 5.36. The molecule has 20 heavy (non-hydrogen) atoms. The number of ether oxygens (including phenoxy) is 3. The van der Waals surface area contributed by atoms with Crippen molar-refractivity contribution in [3.05, 3.63) is 23.8 Å². The maximum atomic E-state index is 11.7. The van der Waals surface area contributed by atoms with Crippen LogP contribution in [0.3, 0.4) is 0 Å². The van der Waals surface area contributed by atoms with Crippen molar-refractivity contribution in [3.8, 4) is 11.5 Å². The summed E-state index contributed by atoms with van der Waals surface area (Å²) in [6, 6.07) is 5.46. The highest BCUT2D eigenvalue weighted by atomic mass is 16.5. The van der Waals surface area contributed by atoms with E-state index >= 15 is 0 Å². The van der Waals surface area contributed by atoms with E-state index < -0.39 is 0 Å². The molecular formula is C15H23NO4. The lowest BCUT2D eigenvalue weighted by molar-refractivity contribution is -0.130. The van der Waals surface area contributed by atoms with Gasteiger partial charge >= 0.3 is 0 Å². The Morgan fingerprint density at radius 2 is 1.90 bits per heavy atom. The minimum absolute atomic E-state index is 0.0375. The van der Waals surface area contributed by atoms with Crippen molar-refractivity contribution in [2.45, 2.75) is 32.9 Å². The Hall–Kier alpha value is -1.75. The number of benzene rings is 1. The third-order valence-corrected chi connectivity index (χ3v) is 2.60. The molecule has 0 saturated heterocycles. The van der Waals surface area contributed by atoms with Crippen LogP contribution in [0.2, 0.25) is 0 Å². The second-order valence-electron chi connectivity index (χ2n) is 5.36. The first-order chi connectivity index (χ1) is 9.35. The number of hydrogen-bond acceptors (Lipinski definition) is 4. The highest BCUT2D eigenvalue weighted by Crippen LogP contribution is 2.23. The molecule has 0 spiro atoms. The number of methoxy groups -OCH3 is 2. The molecule has 1 amide bonds. The molecule has 1 rings (SSSR count). The van der Waals surface area contributed by atoms with Gasteiger partial charge in [-0.15, -0.1) is 0 Å². The maximum absolute atomic E-state index is 11.7. The Labute approximate surface area is 120 Å². The van der Waals surface area contributed by atoms with Crippen LogP contribution in [0.15, 0.2) is 18.2 Å². The fourth-order valence-corrected chi connectivity index (χ4v) is 1.55. The van der Waals surface area contributed by atoms with Crippen LogP contribution in [0.4, 0.5) is 0 Å². The minimum atomic E-state index is -0.328. The van der Waals surface area contributed by atoms with Crippen LogP contribution in [-0.4, -0.2) is 32.3 Å². The topological polar surface area (TPSA) is 56.8 Å². The summed E-state index contributed by atoms with van der Waals surface area (Å²) >= 11 is 0. The Bertz CT molecular complexity index is 452. The van der Waals surface area contributed by atoms with Gasteiger partial charge in [-0.1, -0.05) is 0 Å². The molecule has 0 radical (unpaired) electrons. The van der Waals surface area contributed by atoms with Gasteiger partial charge < -0.3 is 19.5 Å². The number of rotatable bonds is 6. The zero-order chi connectivity index (χ0) is 15.2. The van der Waals surface area contributed by atoms with E-state index in [1.165, 1.54) is 0 Å². The molecule has 5 heteroatoms. The molecule has 1 N–H and O–H groups in total. The van der Waals surface area contributed by atoms with E-state index in [2.05, 4.69) is 5.32 Å². The second kappa shape index (κ2) is 7.14. The number of carbonyl (C=O) groups excluding carboxylic acids is 1. The van der Waals surface area contributed by atoms with E-state index in [9.17, 15) is 4.79 Å². The Kier molecular flexibility index (Phi) is 5.82. The van der Waals surface area contributed by atoms with Crippen molar-refractivity contribution >= 4 is 5.91 Å². The van der Waals surface area contributed by atoms with Crippen LogP contribution < -0.4 is 14.8 Å². The molecular weight excluding hydrogens is 258 g/mol. The van der Waals surface area contributed by atoms with Gasteiger partial charge in [0.15, 0.2) is 0 Å². The van der Waals surface area contributed by atoms with Crippen LogP contribution in [-0.2, 0) is 16.1 Å². The van der Waals surface area contributed by atoms with Crippen molar-refractivity contribution in [1.29, 1.82) is 0 Å². The van der Waals surface area contributed by atoms with Crippen LogP contribution >= 0.6 is 0 Å². The quantitative estimate of drug-likeness (QED) is 0.868. The molecule has 0 aliphatic heterocycles. The summed E-state index contributed by atoms with van der Waals surface area (Å²) in [5.41, 5.74) is 0.529. The summed E-state index contributed by atoms with van der Waals surface area (Å²) < 4.78 is 15.8. The molecule has 112 valence electrons. The van der Waals surface area contributed by atoms with E-state index in [1.807, 2.05) is 39.0 Å². The molecule has 5 nitrogen and oxygen atoms in total. The summed E-state index contributed by atoms with van der Waals surface area (Å²) in [5.74, 6) is 1.27. The average molecular weight is 281 g/mol. The third kappa shape index (κ3) is 5.48. The molecule has 0 unspecified atom stereocenters. The molecule has 0 aromatic heterocycles. The van der Waals surface area contributed by atoms with Gasteiger partial charge in [0.05, 0.1) is 19.8 Å². The maximum Gasteiger partial charge on any atom is 0.246 e. The molecule has 0 fully saturated rings. The first-order valence-corrected chi connectivity index (χ1v) is 6.47. The Morgan fingerprint density at radius 3 is 2.45 bits per heavy atom. The highest BCUT2D eigenvalue weighted by Gasteiger charge is 2.13. The average Bonchev–Trinajstić information content (AvgIpc) is 2.41. The first-order valence-electron chi connectivity index (χ1n) is 6.47. The van der Waals surface area contributed by atoms with E-state index in [-0.39, 0.29) is 18.1 Å². The lowest BCUT2D eigenvalue weighted by Gasteiger charge is -2.19. The third-order valence-electron chi connectivity index (χ3n) is 2.60. The van der Waals surface area contributed by atoms with Crippen molar-refractivity contribution < 1.29 is 19.0 Å². The molecule has 0 heterocycles. The van der Waals surface area contributed by atoms with E-state index in [0.29, 0.717) is 12.3 Å². The van der Waals surface area contributed by atoms with Crippen molar-refractivity contribution in [2.24, 2.45) is 0 Å². The fourth-order valence-electron chi connectivity index (χ4n) is 1.55. The summed E-state index contributed by atoms with van der Waals surface area (Å²) in [4.78, 5) is 11.7. The van der Waals surface area contributed by atoms with Crippen LogP contribution in [0.25, 0.3) is 0 Å². The zero-order valence-corrected chi connectivity index (χ0v) is 12.8. The summed E-state index contributed by atoms with van der Waals surface area (Å²) in [6.45, 7) is 6.13. The summed E-state index contributed by atoms with van der Waals surface area (Å²) in [6.07, 6.45) is 0. The van der Waals surface area contributed by atoms with Crippen molar-refractivity contribution in [2.75, 3.05) is 20.8 Å². The molecule has 1 aromatic carbocycles. The standard InChI is InChI=1S/C15H23NO4/c1-15(2,3)20-10-14(17)16-9-11-8-12(18-4)6-7-13(11)19-5/h6-8H,9-10H2,1-5H3,(H,16,17). The first kappa shape index (κ1) is 16.3. The van der Waals surface area contributed by atoms with Gasteiger partial charge in [-0.05, 0) is 39.0 Å². The predicted molar refractivity (Wildman–Crippen MR) is 77.1 cm³/mol. The molecule has 0 bridgehead atoms. The van der Waals surface area contributed by atoms with Crippen LogP contribution in [0.1, 0.15) is 26.3 Å². The minimum Gasteiger partial charge on any atom is -0.497 e. The van der Waals surface area contributed by atoms with E-state index in [4.69, 9.17) is 14.2 Å². The number of nitrogens with one attached hydrogen (secondary N) is 1. The fraction of sp³-hybridized carbons (Fsp3) is 0.533. The van der Waals surface area contributed by atoms with Gasteiger partial charge in [0.1, 0.15) is 18.1 Å². The van der Waals surface area contributed by atoms with Gasteiger partial charge in [-0.2, -0.15) is 0 Å². The largest absolute Gasteiger partial charge is 0.497 e. The van der Waals surface area contributed by atoms with E-state index in [0.717, 1.165) is 11.3 Å². The normalized spacial score (nSPS) is 11.1. The lowest BCUT2D eigenvalue weighted by atomic mass is 10.2. The van der Waals surface area contributed by atoms with Crippen molar-refractivity contribution in [3.63, 3.8) is 0 Å². The van der Waals surface area contributed by atoms with Gasteiger partial charge in [-0.3, -0.25) is 4.79 Å². The van der Waals surface area contributed by atoms with Gasteiger partial charge in [-0.25, -0.2) is 0 Å². The number of carbonyl (C=O) groups is 1. The molecule has 0 aliphatic rings. The van der Waals surface area contributed by atoms with Crippen molar-refractivity contribution in [1.82, 2.24) is 5.32 Å². The van der Waals surface area contributed by atoms with Gasteiger partial charge in [0.2, 0.25) is 5.91 Å². The van der Waals surface area contributed by atoms with Crippen LogP contribution in [0.5, 0.6) is 11.5 Å². The Balaban J connectivity index is 2.58. The van der Waals surface area contributed by atoms with Crippen LogP contribution in [0, 0.1) is 0 Å². The van der Waals surface area contributed by atoms with Gasteiger partial charge in [0, 0.05) is 12.1 Å². The predicted octanol–water partition coefficient (Wildman–Crippen LogP) is 2.14. The highest BCUT2D eigenvalue weighted by molar-refractivity contribution is 5.77. The summed E-state index contributed by atoms with van der Waals surface area (Å²) in [5, 5.41) is 2.80. The summed E-state index contributed by atoms with van der Waals surface area (Å²) in [7, 11) is 3.19. The zero-order valence-electron chi connectivity index (χ0n) is 12.8. The molecule has 1 aromatic rings. The molecule has 0 atom stereocenters. The lowest BCUT2D eigenvalue weighted by Crippen LogP contribution is -2.31. The smallest absolute Gasteiger partial charge is 0.246 e. The monoisotopic (exact) mass is 281 g/mol. The molecule has 0 aliphatic carbocycles.